The highest BCUT2D eigenvalue weighted by molar-refractivity contribution is 5.68. The molecular formula is C18H24N2O2. The van der Waals surface area contributed by atoms with Crippen molar-refractivity contribution < 1.29 is 9.53 Å². The molecule has 5 rings (SSSR count). The summed E-state index contributed by atoms with van der Waals surface area (Å²) in [5, 5.41) is 0. The lowest BCUT2D eigenvalue weighted by molar-refractivity contribution is -0.0696. The Hall–Kier alpha value is -1.55. The molecule has 1 aromatic carbocycles. The fraction of sp³-hybridized carbons (Fsp3) is 0.611. The molecule has 0 radical (unpaired) electrons. The smallest absolute Gasteiger partial charge is 0.410 e. The molecule has 4 aliphatic heterocycles. The minimum absolute atomic E-state index is 0.0853. The second-order valence-electron chi connectivity index (χ2n) is 7.05. The van der Waals surface area contributed by atoms with E-state index in [-0.39, 0.29) is 12.2 Å². The zero-order chi connectivity index (χ0) is 15.1. The van der Waals surface area contributed by atoms with E-state index in [4.69, 9.17) is 4.74 Å². The monoisotopic (exact) mass is 300 g/mol. The van der Waals surface area contributed by atoms with Gasteiger partial charge in [-0.3, -0.25) is 4.90 Å². The maximum atomic E-state index is 12.5. The molecule has 4 nitrogen and oxygen atoms in total. The Morgan fingerprint density at radius 2 is 2.00 bits per heavy atom. The van der Waals surface area contributed by atoms with E-state index in [0.717, 1.165) is 26.1 Å². The van der Waals surface area contributed by atoms with E-state index in [0.29, 0.717) is 18.4 Å². The van der Waals surface area contributed by atoms with Gasteiger partial charge in [0.15, 0.2) is 0 Å². The number of fused-ring (bicyclic) bond motifs is 4. The van der Waals surface area contributed by atoms with Gasteiger partial charge >= 0.3 is 6.09 Å². The first-order chi connectivity index (χ1) is 10.7. The van der Waals surface area contributed by atoms with Crippen molar-refractivity contribution in [2.24, 2.45) is 11.8 Å². The van der Waals surface area contributed by atoms with Crippen LogP contribution in [0.3, 0.4) is 0 Å². The molecule has 2 bridgehead atoms. The molecule has 3 saturated heterocycles. The van der Waals surface area contributed by atoms with Crippen LogP contribution in [0.25, 0.3) is 0 Å². The van der Waals surface area contributed by atoms with Gasteiger partial charge < -0.3 is 9.64 Å². The number of rotatable bonds is 1. The quantitative estimate of drug-likeness (QED) is 0.799. The van der Waals surface area contributed by atoms with Gasteiger partial charge in [-0.15, -0.1) is 0 Å². The van der Waals surface area contributed by atoms with Crippen molar-refractivity contribution in [2.75, 3.05) is 26.2 Å². The minimum atomic E-state index is -0.125. The Balaban J connectivity index is 1.41. The molecule has 0 aromatic heterocycles. The predicted octanol–water partition coefficient (Wildman–Crippen LogP) is 2.52. The number of carbonyl (C=O) groups is 1. The molecular weight excluding hydrogens is 276 g/mol. The van der Waals surface area contributed by atoms with Gasteiger partial charge in [0.25, 0.3) is 0 Å². The van der Waals surface area contributed by atoms with Crippen LogP contribution in [0.5, 0.6) is 0 Å². The van der Waals surface area contributed by atoms with Gasteiger partial charge in [-0.05, 0) is 36.4 Å². The van der Waals surface area contributed by atoms with Crippen molar-refractivity contribution in [1.29, 1.82) is 0 Å². The summed E-state index contributed by atoms with van der Waals surface area (Å²) in [6.45, 7) is 6.99. The van der Waals surface area contributed by atoms with Gasteiger partial charge in [0.05, 0.1) is 0 Å². The summed E-state index contributed by atoms with van der Waals surface area (Å²) in [4.78, 5) is 16.8. The van der Waals surface area contributed by atoms with Crippen LogP contribution >= 0.6 is 0 Å². The highest BCUT2D eigenvalue weighted by Crippen LogP contribution is 2.34. The lowest BCUT2D eigenvalue weighted by Gasteiger charge is -2.48. The van der Waals surface area contributed by atoms with E-state index in [1.165, 1.54) is 24.1 Å². The standard InChI is InChI=1S/C18H24N2O2/c1-13-10-19-8-7-16(13)17(12-19)22-18(21)20-9-6-14-4-2-3-5-15(14)11-20/h2-5,13,16-17H,6-12H2,1H3/t13-,16?,17+/m0/s1. The van der Waals surface area contributed by atoms with Crippen molar-refractivity contribution >= 4 is 6.09 Å². The van der Waals surface area contributed by atoms with Crippen molar-refractivity contribution in [3.63, 3.8) is 0 Å². The highest BCUT2D eigenvalue weighted by Gasteiger charge is 2.41. The number of piperidine rings is 3. The van der Waals surface area contributed by atoms with E-state index in [2.05, 4.69) is 30.0 Å². The van der Waals surface area contributed by atoms with Crippen LogP contribution in [0, 0.1) is 11.8 Å². The van der Waals surface area contributed by atoms with E-state index in [1.54, 1.807) is 0 Å². The Kier molecular flexibility index (Phi) is 3.57. The van der Waals surface area contributed by atoms with Gasteiger partial charge in [-0.25, -0.2) is 4.79 Å². The van der Waals surface area contributed by atoms with E-state index in [1.807, 2.05) is 11.0 Å². The molecule has 4 heterocycles. The van der Waals surface area contributed by atoms with Gasteiger partial charge in [0.2, 0.25) is 0 Å². The zero-order valence-electron chi connectivity index (χ0n) is 13.2. The number of nitrogens with zero attached hydrogens (tertiary/aromatic N) is 2. The highest BCUT2D eigenvalue weighted by atomic mass is 16.6. The zero-order valence-corrected chi connectivity index (χ0v) is 13.2. The number of hydrogen-bond donors (Lipinski definition) is 0. The van der Waals surface area contributed by atoms with Crippen molar-refractivity contribution in [1.82, 2.24) is 9.80 Å². The maximum absolute atomic E-state index is 12.5. The number of ether oxygens (including phenoxy) is 1. The van der Waals surface area contributed by atoms with E-state index >= 15 is 0 Å². The first kappa shape index (κ1) is 14.1. The molecule has 4 aliphatic rings. The number of amides is 1. The largest absolute Gasteiger partial charge is 0.444 e. The van der Waals surface area contributed by atoms with Crippen LogP contribution in [-0.2, 0) is 17.7 Å². The Morgan fingerprint density at radius 3 is 2.77 bits per heavy atom. The third kappa shape index (κ3) is 2.50. The lowest BCUT2D eigenvalue weighted by Crippen LogP contribution is -2.56. The molecule has 0 aliphatic carbocycles. The Labute approximate surface area is 132 Å². The van der Waals surface area contributed by atoms with Crippen molar-refractivity contribution in [3.8, 4) is 0 Å². The number of benzene rings is 1. The number of carbonyl (C=O) groups excluding carboxylic acids is 1. The molecule has 1 aromatic rings. The van der Waals surface area contributed by atoms with E-state index in [9.17, 15) is 4.79 Å². The summed E-state index contributed by atoms with van der Waals surface area (Å²) < 4.78 is 5.90. The van der Waals surface area contributed by atoms with E-state index < -0.39 is 0 Å². The van der Waals surface area contributed by atoms with Crippen molar-refractivity contribution in [2.45, 2.75) is 32.4 Å². The maximum Gasteiger partial charge on any atom is 0.410 e. The Morgan fingerprint density at radius 1 is 1.18 bits per heavy atom. The second-order valence-corrected chi connectivity index (χ2v) is 7.05. The van der Waals surface area contributed by atoms with Gasteiger partial charge in [0.1, 0.15) is 6.10 Å². The van der Waals surface area contributed by atoms with Gasteiger partial charge in [-0.1, -0.05) is 31.2 Å². The molecule has 4 heteroatoms. The summed E-state index contributed by atoms with van der Waals surface area (Å²) in [6.07, 6.45) is 2.06. The van der Waals surface area contributed by atoms with Crippen LogP contribution in [-0.4, -0.2) is 48.2 Å². The van der Waals surface area contributed by atoms with Crippen molar-refractivity contribution in [3.05, 3.63) is 35.4 Å². The number of hydrogen-bond acceptors (Lipinski definition) is 3. The average Bonchev–Trinajstić information content (AvgIpc) is 2.54. The van der Waals surface area contributed by atoms with Crippen LogP contribution in [0.15, 0.2) is 24.3 Å². The summed E-state index contributed by atoms with van der Waals surface area (Å²) in [5.74, 6) is 1.19. The summed E-state index contributed by atoms with van der Waals surface area (Å²) in [6, 6.07) is 8.39. The van der Waals surface area contributed by atoms with Crippen LogP contribution in [0.2, 0.25) is 0 Å². The molecule has 3 fully saturated rings. The first-order valence-electron chi connectivity index (χ1n) is 8.45. The minimum Gasteiger partial charge on any atom is -0.444 e. The summed E-state index contributed by atoms with van der Waals surface area (Å²) in [5.41, 5.74) is 2.62. The topological polar surface area (TPSA) is 32.8 Å². The lowest BCUT2D eigenvalue weighted by atomic mass is 9.78. The predicted molar refractivity (Wildman–Crippen MR) is 84.5 cm³/mol. The molecule has 1 amide bonds. The first-order valence-corrected chi connectivity index (χ1v) is 8.45. The third-order valence-electron chi connectivity index (χ3n) is 5.61. The molecule has 2 unspecified atom stereocenters. The molecule has 0 N–H and O–H groups in total. The summed E-state index contributed by atoms with van der Waals surface area (Å²) in [7, 11) is 0. The third-order valence-corrected chi connectivity index (χ3v) is 5.61. The fourth-order valence-corrected chi connectivity index (χ4v) is 4.34. The second kappa shape index (κ2) is 5.58. The molecule has 22 heavy (non-hydrogen) atoms. The molecule has 118 valence electrons. The average molecular weight is 300 g/mol. The molecule has 0 saturated carbocycles. The van der Waals surface area contributed by atoms with Crippen LogP contribution in [0.1, 0.15) is 24.5 Å². The molecule has 4 atom stereocenters. The van der Waals surface area contributed by atoms with Crippen LogP contribution < -0.4 is 0 Å². The summed E-state index contributed by atoms with van der Waals surface area (Å²) >= 11 is 0. The van der Waals surface area contributed by atoms with Gasteiger partial charge in [0, 0.05) is 32.1 Å². The fourth-order valence-electron chi connectivity index (χ4n) is 4.34. The molecule has 0 spiro atoms. The Bertz CT molecular complexity index is 574. The van der Waals surface area contributed by atoms with Gasteiger partial charge in [-0.2, -0.15) is 0 Å². The SMILES string of the molecule is C[C@H]1CN2CCC1[C@H](OC(=O)N1CCc3ccccc3C1)C2. The van der Waals surface area contributed by atoms with Crippen LogP contribution in [0.4, 0.5) is 4.79 Å². The normalized spacial score (nSPS) is 33.4.